The largest absolute Gasteiger partial charge is 0.396 e. The van der Waals surface area contributed by atoms with E-state index >= 15 is 0 Å². The lowest BCUT2D eigenvalue weighted by Crippen LogP contribution is -2.37. The maximum Gasteiger partial charge on any atom is 0.265 e. The number of rotatable bonds is 8. The summed E-state index contributed by atoms with van der Waals surface area (Å²) in [5, 5.41) is 13.9. The molecule has 3 N–H and O–H groups in total. The van der Waals surface area contributed by atoms with Crippen LogP contribution in [0.5, 0.6) is 0 Å². The van der Waals surface area contributed by atoms with Crippen molar-refractivity contribution in [2.75, 3.05) is 13.2 Å². The highest BCUT2D eigenvalue weighted by Gasteiger charge is 2.10. The Kier molecular flexibility index (Phi) is 6.72. The molecular formula is C13H21N3O4. The predicted octanol–water partition coefficient (Wildman–Crippen LogP) is -0.548. The molecule has 112 valence electrons. The molecule has 1 rings (SSSR count). The molecule has 1 unspecified atom stereocenters. The number of aliphatic hydroxyl groups excluding tert-OH is 1. The zero-order valence-corrected chi connectivity index (χ0v) is 11.6. The van der Waals surface area contributed by atoms with Gasteiger partial charge in [-0.15, -0.1) is 0 Å². The third-order valence-electron chi connectivity index (χ3n) is 3.01. The van der Waals surface area contributed by atoms with E-state index in [4.69, 9.17) is 5.11 Å². The lowest BCUT2D eigenvalue weighted by atomic mass is 10.0. The van der Waals surface area contributed by atoms with Gasteiger partial charge in [-0.3, -0.25) is 19.5 Å². The molecule has 0 aliphatic rings. The Morgan fingerprint density at radius 1 is 1.40 bits per heavy atom. The third kappa shape index (κ3) is 5.40. The molecule has 0 saturated carbocycles. The summed E-state index contributed by atoms with van der Waals surface area (Å²) in [5.41, 5.74) is -0.859. The first-order chi connectivity index (χ1) is 9.56. The van der Waals surface area contributed by atoms with Gasteiger partial charge in [0, 0.05) is 25.3 Å². The van der Waals surface area contributed by atoms with Gasteiger partial charge in [-0.2, -0.15) is 0 Å². The summed E-state index contributed by atoms with van der Waals surface area (Å²) in [4.78, 5) is 34.2. The van der Waals surface area contributed by atoms with E-state index in [1.54, 1.807) is 0 Å². The topological polar surface area (TPSA) is 104 Å². The molecule has 0 aliphatic heterocycles. The van der Waals surface area contributed by atoms with E-state index in [9.17, 15) is 14.4 Å². The first-order valence-electron chi connectivity index (χ1n) is 6.74. The van der Waals surface area contributed by atoms with Crippen LogP contribution in [0.4, 0.5) is 0 Å². The summed E-state index contributed by atoms with van der Waals surface area (Å²) in [7, 11) is 0. The molecule has 0 spiro atoms. The van der Waals surface area contributed by atoms with Gasteiger partial charge in [0.15, 0.2) is 0 Å². The second-order valence-electron chi connectivity index (χ2n) is 4.70. The smallest absolute Gasteiger partial charge is 0.265 e. The summed E-state index contributed by atoms with van der Waals surface area (Å²) >= 11 is 0. The number of hydrogen-bond acceptors (Lipinski definition) is 4. The van der Waals surface area contributed by atoms with Crippen LogP contribution in [-0.4, -0.2) is 33.9 Å². The monoisotopic (exact) mass is 283 g/mol. The lowest BCUT2D eigenvalue weighted by Gasteiger charge is -2.15. The van der Waals surface area contributed by atoms with Crippen molar-refractivity contribution in [3.05, 3.63) is 32.8 Å². The molecule has 1 aromatic heterocycles. The summed E-state index contributed by atoms with van der Waals surface area (Å²) < 4.78 is 0.971. The number of aliphatic hydroxyl groups is 1. The Hall–Kier alpha value is -1.89. The van der Waals surface area contributed by atoms with Crippen LogP contribution in [0.1, 0.15) is 26.2 Å². The zero-order chi connectivity index (χ0) is 15.0. The number of carbonyl (C=O) groups excluding carboxylic acids is 1. The Labute approximate surface area is 116 Å². The Morgan fingerprint density at radius 2 is 2.15 bits per heavy atom. The molecule has 7 heteroatoms. The number of hydrogen-bond donors (Lipinski definition) is 3. The van der Waals surface area contributed by atoms with Crippen molar-refractivity contribution < 1.29 is 9.90 Å². The maximum absolute atomic E-state index is 11.7. The van der Waals surface area contributed by atoms with Crippen molar-refractivity contribution in [2.24, 2.45) is 5.92 Å². The van der Waals surface area contributed by atoms with Crippen molar-refractivity contribution in [1.82, 2.24) is 15.1 Å². The molecule has 0 radical (unpaired) electrons. The summed E-state index contributed by atoms with van der Waals surface area (Å²) in [5.74, 6) is -0.117. The zero-order valence-electron chi connectivity index (χ0n) is 11.6. The minimum absolute atomic E-state index is 0.0893. The maximum atomic E-state index is 11.7. The van der Waals surface area contributed by atoms with Gasteiger partial charge in [0.25, 0.3) is 11.1 Å². The lowest BCUT2D eigenvalue weighted by molar-refractivity contribution is -0.122. The molecule has 0 saturated heterocycles. The Bertz CT molecular complexity index is 529. The van der Waals surface area contributed by atoms with Crippen LogP contribution in [0.15, 0.2) is 21.7 Å². The number of aromatic nitrogens is 2. The number of amides is 1. The third-order valence-corrected chi connectivity index (χ3v) is 3.01. The quantitative estimate of drug-likeness (QED) is 0.595. The van der Waals surface area contributed by atoms with Crippen molar-refractivity contribution in [3.8, 4) is 0 Å². The predicted molar refractivity (Wildman–Crippen MR) is 74.4 cm³/mol. The van der Waals surface area contributed by atoms with E-state index in [0.717, 1.165) is 29.7 Å². The molecular weight excluding hydrogens is 262 g/mol. The highest BCUT2D eigenvalue weighted by Crippen LogP contribution is 2.09. The van der Waals surface area contributed by atoms with Crippen molar-refractivity contribution in [1.29, 1.82) is 0 Å². The fraction of sp³-hybridized carbons (Fsp3) is 0.615. The van der Waals surface area contributed by atoms with Gasteiger partial charge in [0.1, 0.15) is 6.54 Å². The van der Waals surface area contributed by atoms with Gasteiger partial charge in [-0.1, -0.05) is 13.3 Å². The molecule has 1 amide bonds. The van der Waals surface area contributed by atoms with Gasteiger partial charge in [-0.05, 0) is 18.8 Å². The van der Waals surface area contributed by atoms with Crippen LogP contribution in [0.3, 0.4) is 0 Å². The van der Waals surface area contributed by atoms with Crippen LogP contribution in [-0.2, 0) is 11.3 Å². The van der Waals surface area contributed by atoms with Crippen LogP contribution in [0, 0.1) is 5.92 Å². The van der Waals surface area contributed by atoms with Gasteiger partial charge < -0.3 is 10.4 Å². The van der Waals surface area contributed by atoms with Crippen molar-refractivity contribution >= 4 is 5.91 Å². The molecule has 1 aromatic rings. The molecule has 0 aliphatic carbocycles. The minimum atomic E-state index is -0.430. The highest BCUT2D eigenvalue weighted by molar-refractivity contribution is 5.75. The Balaban J connectivity index is 2.52. The Morgan fingerprint density at radius 3 is 2.80 bits per heavy atom. The summed E-state index contributed by atoms with van der Waals surface area (Å²) in [6.07, 6.45) is 2.53. The fourth-order valence-electron chi connectivity index (χ4n) is 1.98. The van der Waals surface area contributed by atoms with Gasteiger partial charge in [0.2, 0.25) is 5.91 Å². The van der Waals surface area contributed by atoms with Crippen LogP contribution < -0.4 is 16.4 Å². The minimum Gasteiger partial charge on any atom is -0.396 e. The average Bonchev–Trinajstić information content (AvgIpc) is 2.41. The summed E-state index contributed by atoms with van der Waals surface area (Å²) in [6.45, 7) is 2.37. The average molecular weight is 283 g/mol. The van der Waals surface area contributed by atoms with Crippen LogP contribution in [0.25, 0.3) is 0 Å². The second kappa shape index (κ2) is 8.31. The second-order valence-corrected chi connectivity index (χ2v) is 4.70. The van der Waals surface area contributed by atoms with Gasteiger partial charge >= 0.3 is 0 Å². The van der Waals surface area contributed by atoms with E-state index in [2.05, 4.69) is 10.4 Å². The van der Waals surface area contributed by atoms with E-state index < -0.39 is 11.1 Å². The number of H-pyrrole nitrogens is 1. The van der Waals surface area contributed by atoms with Crippen LogP contribution >= 0.6 is 0 Å². The molecule has 1 heterocycles. The van der Waals surface area contributed by atoms with E-state index in [1.165, 1.54) is 0 Å². The SMILES string of the molecule is CCCC(CCO)CNC(=O)Cn1[nH]c(=O)ccc1=O. The van der Waals surface area contributed by atoms with Gasteiger partial charge in [0.05, 0.1) is 0 Å². The molecule has 0 bridgehead atoms. The number of aromatic amines is 1. The number of nitrogens with zero attached hydrogens (tertiary/aromatic N) is 1. The molecule has 0 aromatic carbocycles. The summed E-state index contributed by atoms with van der Waals surface area (Å²) in [6, 6.07) is 2.24. The molecule has 20 heavy (non-hydrogen) atoms. The standard InChI is InChI=1S/C13H21N3O4/c1-2-3-10(6-7-17)8-14-12(19)9-16-13(20)5-4-11(18)15-16/h4-5,10,17H,2-3,6-9H2,1H3,(H,14,19)(H,15,18). The molecule has 0 fully saturated rings. The van der Waals surface area contributed by atoms with Crippen molar-refractivity contribution in [3.63, 3.8) is 0 Å². The first-order valence-corrected chi connectivity index (χ1v) is 6.74. The number of carbonyl (C=O) groups is 1. The number of nitrogens with one attached hydrogen (secondary N) is 2. The normalized spacial score (nSPS) is 12.1. The van der Waals surface area contributed by atoms with Crippen molar-refractivity contribution in [2.45, 2.75) is 32.7 Å². The highest BCUT2D eigenvalue weighted by atomic mass is 16.3. The van der Waals surface area contributed by atoms with E-state index in [0.29, 0.717) is 13.0 Å². The van der Waals surface area contributed by atoms with Gasteiger partial charge in [-0.25, -0.2) is 4.68 Å². The first kappa shape index (κ1) is 16.2. The molecule has 7 nitrogen and oxygen atoms in total. The van der Waals surface area contributed by atoms with E-state index in [-0.39, 0.29) is 25.0 Å². The molecule has 1 atom stereocenters. The van der Waals surface area contributed by atoms with Crippen LogP contribution in [0.2, 0.25) is 0 Å². The van der Waals surface area contributed by atoms with E-state index in [1.807, 2.05) is 6.92 Å². The fourth-order valence-corrected chi connectivity index (χ4v) is 1.98.